The molecule has 0 unspecified atom stereocenters. The van der Waals surface area contributed by atoms with Gasteiger partial charge in [-0.1, -0.05) is 26.0 Å². The normalized spacial score (nSPS) is 11.0. The van der Waals surface area contributed by atoms with Crippen molar-refractivity contribution in [3.8, 4) is 16.9 Å². The minimum atomic E-state index is -0.436. The van der Waals surface area contributed by atoms with Gasteiger partial charge in [0.2, 0.25) is 0 Å². The van der Waals surface area contributed by atoms with Crippen molar-refractivity contribution in [1.29, 1.82) is 0 Å². The molecule has 146 valence electrons. The highest BCUT2D eigenvalue weighted by Crippen LogP contribution is 2.37. The van der Waals surface area contributed by atoms with Crippen molar-refractivity contribution >= 4 is 17.8 Å². The Kier molecular flexibility index (Phi) is 5.83. The fourth-order valence-corrected chi connectivity index (χ4v) is 3.49. The molecule has 0 N–H and O–H groups in total. The van der Waals surface area contributed by atoms with Crippen molar-refractivity contribution in [3.05, 3.63) is 59.4 Å². The molecule has 2 aromatic heterocycles. The van der Waals surface area contributed by atoms with Crippen molar-refractivity contribution in [1.82, 2.24) is 4.40 Å². The summed E-state index contributed by atoms with van der Waals surface area (Å²) in [4.78, 5) is 24.8. The Morgan fingerprint density at radius 1 is 1.14 bits per heavy atom. The maximum absolute atomic E-state index is 12.8. The van der Waals surface area contributed by atoms with Crippen LogP contribution >= 0.6 is 0 Å². The second-order valence-corrected chi connectivity index (χ2v) is 6.77. The summed E-state index contributed by atoms with van der Waals surface area (Å²) in [6.07, 6.45) is 2.57. The van der Waals surface area contributed by atoms with Gasteiger partial charge in [0.05, 0.1) is 30.0 Å². The van der Waals surface area contributed by atoms with Gasteiger partial charge in [0.1, 0.15) is 5.75 Å². The van der Waals surface area contributed by atoms with Crippen LogP contribution in [0.2, 0.25) is 0 Å². The summed E-state index contributed by atoms with van der Waals surface area (Å²) >= 11 is 0. The molecule has 5 heteroatoms. The third-order valence-corrected chi connectivity index (χ3v) is 4.69. The molecule has 0 saturated carbocycles. The summed E-state index contributed by atoms with van der Waals surface area (Å²) < 4.78 is 12.8. The second kappa shape index (κ2) is 8.30. The molecular formula is C23H25NO4. The predicted octanol–water partition coefficient (Wildman–Crippen LogP) is 5.12. The van der Waals surface area contributed by atoms with Gasteiger partial charge in [-0.2, -0.15) is 0 Å². The first-order chi connectivity index (χ1) is 13.5. The molecule has 2 heterocycles. The van der Waals surface area contributed by atoms with Gasteiger partial charge in [0.25, 0.3) is 0 Å². The lowest BCUT2D eigenvalue weighted by molar-refractivity contribution is 0.0529. The Bertz CT molecular complexity index is 1020. The standard InChI is InChI=1S/C23H25NO4/c1-5-27-20-11-10-16(13-17(20)15(3)4)21-19(14-25)24-12-8-7-9-18(24)22(21)23(26)28-6-2/h7-15H,5-6H2,1-4H3. The zero-order valence-corrected chi connectivity index (χ0v) is 16.7. The average Bonchev–Trinajstić information content (AvgIpc) is 3.03. The Morgan fingerprint density at radius 3 is 2.57 bits per heavy atom. The molecule has 28 heavy (non-hydrogen) atoms. The number of ether oxygens (including phenoxy) is 2. The molecule has 3 rings (SSSR count). The summed E-state index contributed by atoms with van der Waals surface area (Å²) in [5.74, 6) is 0.605. The van der Waals surface area contributed by atoms with E-state index in [0.29, 0.717) is 28.9 Å². The van der Waals surface area contributed by atoms with Gasteiger partial charge in [-0.15, -0.1) is 0 Å². The van der Waals surface area contributed by atoms with E-state index in [-0.39, 0.29) is 12.5 Å². The number of hydrogen-bond acceptors (Lipinski definition) is 4. The van der Waals surface area contributed by atoms with Gasteiger partial charge in [0.15, 0.2) is 6.29 Å². The van der Waals surface area contributed by atoms with Crippen LogP contribution in [0, 0.1) is 0 Å². The fraction of sp³-hybridized carbons (Fsp3) is 0.304. The number of esters is 1. The van der Waals surface area contributed by atoms with Crippen molar-refractivity contribution in [2.45, 2.75) is 33.6 Å². The number of fused-ring (bicyclic) bond motifs is 1. The quantitative estimate of drug-likeness (QED) is 0.422. The molecule has 0 spiro atoms. The third kappa shape index (κ3) is 3.40. The first kappa shape index (κ1) is 19.7. The Hall–Kier alpha value is -3.08. The van der Waals surface area contributed by atoms with E-state index in [1.807, 2.05) is 43.3 Å². The van der Waals surface area contributed by atoms with Crippen LogP contribution in [0.3, 0.4) is 0 Å². The Balaban J connectivity index is 2.33. The van der Waals surface area contributed by atoms with Crippen molar-refractivity contribution in [2.75, 3.05) is 13.2 Å². The van der Waals surface area contributed by atoms with Gasteiger partial charge >= 0.3 is 5.97 Å². The Labute approximate surface area is 164 Å². The van der Waals surface area contributed by atoms with Gasteiger partial charge in [-0.3, -0.25) is 4.79 Å². The topological polar surface area (TPSA) is 57.0 Å². The van der Waals surface area contributed by atoms with Crippen LogP contribution in [0.1, 0.15) is 60.0 Å². The summed E-state index contributed by atoms with van der Waals surface area (Å²) in [5.41, 5.74) is 3.89. The van der Waals surface area contributed by atoms with Crippen molar-refractivity contribution in [2.24, 2.45) is 0 Å². The minimum Gasteiger partial charge on any atom is -0.494 e. The van der Waals surface area contributed by atoms with E-state index in [1.54, 1.807) is 17.5 Å². The number of aromatic nitrogens is 1. The lowest BCUT2D eigenvalue weighted by atomic mass is 9.94. The molecule has 5 nitrogen and oxygen atoms in total. The maximum atomic E-state index is 12.8. The average molecular weight is 379 g/mol. The van der Waals surface area contributed by atoms with Gasteiger partial charge in [-0.05, 0) is 55.2 Å². The summed E-state index contributed by atoms with van der Waals surface area (Å²) in [6, 6.07) is 11.3. The third-order valence-electron chi connectivity index (χ3n) is 4.69. The van der Waals surface area contributed by atoms with Crippen LogP contribution in [0.5, 0.6) is 5.75 Å². The Morgan fingerprint density at radius 2 is 1.93 bits per heavy atom. The SMILES string of the molecule is CCOC(=O)c1c(-c2ccc(OCC)c(C(C)C)c2)c(C=O)n2ccccc12. The zero-order valence-electron chi connectivity index (χ0n) is 16.7. The predicted molar refractivity (Wildman–Crippen MR) is 109 cm³/mol. The number of rotatable bonds is 7. The summed E-state index contributed by atoms with van der Waals surface area (Å²) in [7, 11) is 0. The first-order valence-corrected chi connectivity index (χ1v) is 9.55. The molecular weight excluding hydrogens is 354 g/mol. The van der Waals surface area contributed by atoms with E-state index in [9.17, 15) is 9.59 Å². The fourth-order valence-electron chi connectivity index (χ4n) is 3.49. The van der Waals surface area contributed by atoms with Crippen LogP contribution in [-0.2, 0) is 4.74 Å². The van der Waals surface area contributed by atoms with E-state index >= 15 is 0 Å². The monoisotopic (exact) mass is 379 g/mol. The van der Waals surface area contributed by atoms with Crippen molar-refractivity contribution < 1.29 is 19.1 Å². The van der Waals surface area contributed by atoms with Crippen LogP contribution in [0.15, 0.2) is 42.6 Å². The van der Waals surface area contributed by atoms with E-state index in [1.165, 1.54) is 0 Å². The molecule has 0 atom stereocenters. The van der Waals surface area contributed by atoms with E-state index in [0.717, 1.165) is 23.2 Å². The molecule has 0 bridgehead atoms. The number of carbonyl (C=O) groups excluding carboxylic acids is 2. The largest absolute Gasteiger partial charge is 0.494 e. The van der Waals surface area contributed by atoms with Crippen LogP contribution in [0.25, 0.3) is 16.6 Å². The first-order valence-electron chi connectivity index (χ1n) is 9.55. The molecule has 0 aliphatic rings. The zero-order chi connectivity index (χ0) is 20.3. The van der Waals surface area contributed by atoms with Gasteiger partial charge < -0.3 is 13.9 Å². The van der Waals surface area contributed by atoms with Crippen LogP contribution in [-0.4, -0.2) is 29.9 Å². The second-order valence-electron chi connectivity index (χ2n) is 6.77. The van der Waals surface area contributed by atoms with Crippen LogP contribution < -0.4 is 4.74 Å². The molecule has 0 fully saturated rings. The number of hydrogen-bond donors (Lipinski definition) is 0. The van der Waals surface area contributed by atoms with Gasteiger partial charge in [-0.25, -0.2) is 4.79 Å². The number of benzene rings is 1. The molecule has 0 saturated heterocycles. The highest BCUT2D eigenvalue weighted by Gasteiger charge is 2.26. The van der Waals surface area contributed by atoms with Gasteiger partial charge in [0, 0.05) is 11.8 Å². The molecule has 0 amide bonds. The number of carbonyl (C=O) groups is 2. The highest BCUT2D eigenvalue weighted by atomic mass is 16.5. The molecule has 1 aromatic carbocycles. The smallest absolute Gasteiger partial charge is 0.340 e. The molecule has 0 aliphatic heterocycles. The number of nitrogens with zero attached hydrogens (tertiary/aromatic N) is 1. The lowest BCUT2D eigenvalue weighted by Crippen LogP contribution is -2.06. The van der Waals surface area contributed by atoms with E-state index < -0.39 is 5.97 Å². The maximum Gasteiger partial charge on any atom is 0.340 e. The van der Waals surface area contributed by atoms with Crippen LogP contribution in [0.4, 0.5) is 0 Å². The highest BCUT2D eigenvalue weighted by molar-refractivity contribution is 6.09. The lowest BCUT2D eigenvalue weighted by Gasteiger charge is -2.15. The molecule has 0 radical (unpaired) electrons. The number of aldehydes is 1. The summed E-state index contributed by atoms with van der Waals surface area (Å²) in [6.45, 7) is 8.73. The minimum absolute atomic E-state index is 0.226. The molecule has 0 aliphatic carbocycles. The molecule has 3 aromatic rings. The number of pyridine rings is 1. The van der Waals surface area contributed by atoms with E-state index in [4.69, 9.17) is 9.47 Å². The summed E-state index contributed by atoms with van der Waals surface area (Å²) in [5, 5.41) is 0. The van der Waals surface area contributed by atoms with Crippen molar-refractivity contribution in [3.63, 3.8) is 0 Å². The van der Waals surface area contributed by atoms with E-state index in [2.05, 4.69) is 13.8 Å².